The van der Waals surface area contributed by atoms with Gasteiger partial charge in [0.15, 0.2) is 0 Å². The molecule has 18 heavy (non-hydrogen) atoms. The molecule has 1 heterocycles. The van der Waals surface area contributed by atoms with E-state index in [9.17, 15) is 0 Å². The number of thioether (sulfide) groups is 1. The fourth-order valence-electron chi connectivity index (χ4n) is 2.70. The molecule has 1 saturated heterocycles. The average Bonchev–Trinajstić information content (AvgIpc) is 2.37. The van der Waals surface area contributed by atoms with E-state index in [0.717, 1.165) is 18.5 Å². The second-order valence-corrected chi connectivity index (χ2v) is 7.87. The van der Waals surface area contributed by atoms with Gasteiger partial charge < -0.3 is 5.32 Å². The van der Waals surface area contributed by atoms with Gasteiger partial charge in [-0.15, -0.1) is 0 Å². The first-order chi connectivity index (χ1) is 8.43. The monoisotopic (exact) mass is 272 g/mol. The van der Waals surface area contributed by atoms with Crippen LogP contribution in [0.15, 0.2) is 0 Å². The Labute approximate surface area is 118 Å². The summed E-state index contributed by atoms with van der Waals surface area (Å²) in [6.45, 7) is 15.3. The van der Waals surface area contributed by atoms with Crippen LogP contribution >= 0.6 is 11.8 Å². The molecule has 0 aromatic rings. The van der Waals surface area contributed by atoms with E-state index < -0.39 is 0 Å². The van der Waals surface area contributed by atoms with Crippen molar-refractivity contribution in [3.8, 4) is 0 Å². The Morgan fingerprint density at radius 2 is 2.06 bits per heavy atom. The van der Waals surface area contributed by atoms with Crippen LogP contribution < -0.4 is 5.32 Å². The second kappa shape index (κ2) is 7.16. The summed E-state index contributed by atoms with van der Waals surface area (Å²) < 4.78 is 0.366. The zero-order valence-corrected chi connectivity index (χ0v) is 13.9. The first kappa shape index (κ1) is 16.3. The molecule has 0 radical (unpaired) electrons. The molecule has 1 aliphatic heterocycles. The summed E-state index contributed by atoms with van der Waals surface area (Å²) in [7, 11) is 0. The van der Waals surface area contributed by atoms with Gasteiger partial charge in [0.25, 0.3) is 0 Å². The molecule has 2 nitrogen and oxygen atoms in total. The number of nitrogens with one attached hydrogen (secondary N) is 1. The summed E-state index contributed by atoms with van der Waals surface area (Å²) in [5.41, 5.74) is 0. The fraction of sp³-hybridized carbons (Fsp3) is 1.00. The van der Waals surface area contributed by atoms with Crippen LogP contribution in [0.4, 0.5) is 0 Å². The standard InChI is InChI=1S/C15H32N2S/c1-7-12(3)14-10-17(11-15(4,5)18-6)13(8-2)9-16-14/h12-14,16H,7-11H2,1-6H3. The molecule has 0 amide bonds. The van der Waals surface area contributed by atoms with E-state index in [1.807, 2.05) is 11.8 Å². The predicted molar refractivity (Wildman–Crippen MR) is 84.5 cm³/mol. The highest BCUT2D eigenvalue weighted by atomic mass is 32.2. The van der Waals surface area contributed by atoms with Crippen LogP contribution in [-0.4, -0.2) is 47.6 Å². The Kier molecular flexibility index (Phi) is 6.49. The van der Waals surface area contributed by atoms with E-state index in [1.54, 1.807) is 0 Å². The smallest absolute Gasteiger partial charge is 0.0228 e. The van der Waals surface area contributed by atoms with Crippen molar-refractivity contribution in [3.63, 3.8) is 0 Å². The zero-order chi connectivity index (χ0) is 13.8. The third-order valence-electron chi connectivity index (χ3n) is 4.50. The fourth-order valence-corrected chi connectivity index (χ4v) is 2.99. The number of rotatable bonds is 6. The van der Waals surface area contributed by atoms with Gasteiger partial charge in [-0.25, -0.2) is 0 Å². The van der Waals surface area contributed by atoms with Gasteiger partial charge in [-0.3, -0.25) is 4.90 Å². The highest BCUT2D eigenvalue weighted by molar-refractivity contribution is 7.99. The lowest BCUT2D eigenvalue weighted by atomic mass is 9.94. The van der Waals surface area contributed by atoms with Crippen molar-refractivity contribution in [1.82, 2.24) is 10.2 Å². The third kappa shape index (κ3) is 4.43. The lowest BCUT2D eigenvalue weighted by Crippen LogP contribution is -2.60. The molecule has 1 aliphatic rings. The minimum atomic E-state index is 0.366. The maximum absolute atomic E-state index is 3.76. The summed E-state index contributed by atoms with van der Waals surface area (Å²) in [4.78, 5) is 2.73. The van der Waals surface area contributed by atoms with Crippen molar-refractivity contribution in [2.24, 2.45) is 5.92 Å². The van der Waals surface area contributed by atoms with Gasteiger partial charge in [-0.2, -0.15) is 11.8 Å². The van der Waals surface area contributed by atoms with Crippen LogP contribution in [0.1, 0.15) is 47.5 Å². The molecular formula is C15H32N2S. The number of hydrogen-bond acceptors (Lipinski definition) is 3. The molecule has 0 bridgehead atoms. The van der Waals surface area contributed by atoms with E-state index in [0.29, 0.717) is 10.8 Å². The summed E-state index contributed by atoms with van der Waals surface area (Å²) in [5, 5.41) is 3.76. The molecule has 0 aromatic heterocycles. The highest BCUT2D eigenvalue weighted by Crippen LogP contribution is 2.26. The van der Waals surface area contributed by atoms with Crippen molar-refractivity contribution in [2.75, 3.05) is 25.9 Å². The highest BCUT2D eigenvalue weighted by Gasteiger charge is 2.32. The van der Waals surface area contributed by atoms with Gasteiger partial charge in [0, 0.05) is 36.5 Å². The molecule has 1 rings (SSSR count). The lowest BCUT2D eigenvalue weighted by molar-refractivity contribution is 0.0993. The van der Waals surface area contributed by atoms with E-state index in [1.165, 1.54) is 25.9 Å². The van der Waals surface area contributed by atoms with Crippen LogP contribution in [0.2, 0.25) is 0 Å². The van der Waals surface area contributed by atoms with Gasteiger partial charge in [0.2, 0.25) is 0 Å². The second-order valence-electron chi connectivity index (χ2n) is 6.36. The van der Waals surface area contributed by atoms with Crippen molar-refractivity contribution < 1.29 is 0 Å². The van der Waals surface area contributed by atoms with Crippen LogP contribution in [-0.2, 0) is 0 Å². The number of nitrogens with zero attached hydrogens (tertiary/aromatic N) is 1. The zero-order valence-electron chi connectivity index (χ0n) is 13.1. The Bertz CT molecular complexity index is 243. The minimum Gasteiger partial charge on any atom is -0.311 e. The largest absolute Gasteiger partial charge is 0.311 e. The maximum Gasteiger partial charge on any atom is 0.0228 e. The average molecular weight is 273 g/mol. The summed E-state index contributed by atoms with van der Waals surface area (Å²) >= 11 is 1.99. The molecular weight excluding hydrogens is 240 g/mol. The van der Waals surface area contributed by atoms with Crippen molar-refractivity contribution >= 4 is 11.8 Å². The number of piperazine rings is 1. The molecule has 3 atom stereocenters. The Hall–Kier alpha value is 0.270. The SMILES string of the molecule is CCC(C)C1CN(CC(C)(C)SC)C(CC)CN1. The van der Waals surface area contributed by atoms with E-state index in [-0.39, 0.29) is 0 Å². The third-order valence-corrected chi connectivity index (χ3v) is 5.74. The van der Waals surface area contributed by atoms with Gasteiger partial charge in [-0.1, -0.05) is 27.2 Å². The molecule has 108 valence electrons. The Morgan fingerprint density at radius 1 is 1.39 bits per heavy atom. The topological polar surface area (TPSA) is 15.3 Å². The van der Waals surface area contributed by atoms with Crippen molar-refractivity contribution in [3.05, 3.63) is 0 Å². The van der Waals surface area contributed by atoms with Crippen molar-refractivity contribution in [1.29, 1.82) is 0 Å². The van der Waals surface area contributed by atoms with Crippen molar-refractivity contribution in [2.45, 2.75) is 64.3 Å². The molecule has 1 N–H and O–H groups in total. The quantitative estimate of drug-likeness (QED) is 0.799. The van der Waals surface area contributed by atoms with Crippen LogP contribution in [0.25, 0.3) is 0 Å². The minimum absolute atomic E-state index is 0.366. The molecule has 0 aromatic carbocycles. The lowest BCUT2D eigenvalue weighted by Gasteiger charge is -2.44. The first-order valence-electron chi connectivity index (χ1n) is 7.46. The van der Waals surface area contributed by atoms with Crippen LogP contribution in [0.5, 0.6) is 0 Å². The predicted octanol–water partition coefficient (Wildman–Crippen LogP) is 3.23. The maximum atomic E-state index is 3.76. The van der Waals surface area contributed by atoms with Gasteiger partial charge in [-0.05, 0) is 32.4 Å². The number of hydrogen-bond donors (Lipinski definition) is 1. The normalized spacial score (nSPS) is 28.3. The molecule has 0 saturated carbocycles. The van der Waals surface area contributed by atoms with Crippen LogP contribution in [0.3, 0.4) is 0 Å². The van der Waals surface area contributed by atoms with E-state index >= 15 is 0 Å². The van der Waals surface area contributed by atoms with Gasteiger partial charge >= 0.3 is 0 Å². The Morgan fingerprint density at radius 3 is 2.56 bits per heavy atom. The van der Waals surface area contributed by atoms with Crippen LogP contribution in [0, 0.1) is 5.92 Å². The molecule has 1 fully saturated rings. The first-order valence-corrected chi connectivity index (χ1v) is 8.68. The van der Waals surface area contributed by atoms with Gasteiger partial charge in [0.05, 0.1) is 0 Å². The summed E-state index contributed by atoms with van der Waals surface area (Å²) in [5.74, 6) is 0.780. The molecule has 0 spiro atoms. The summed E-state index contributed by atoms with van der Waals surface area (Å²) in [6, 6.07) is 1.40. The molecule has 3 heteroatoms. The Balaban J connectivity index is 2.64. The summed E-state index contributed by atoms with van der Waals surface area (Å²) in [6.07, 6.45) is 4.76. The van der Waals surface area contributed by atoms with Gasteiger partial charge in [0.1, 0.15) is 0 Å². The molecule has 0 aliphatic carbocycles. The van der Waals surface area contributed by atoms with E-state index in [4.69, 9.17) is 0 Å². The molecule has 3 unspecified atom stereocenters. The van der Waals surface area contributed by atoms with E-state index in [2.05, 4.69) is 51.1 Å².